The van der Waals surface area contributed by atoms with Crippen LogP contribution in [0.25, 0.3) is 0 Å². The number of ketones is 1. The normalized spacial score (nSPS) is 18.9. The Hall–Kier alpha value is -0.530. The van der Waals surface area contributed by atoms with Crippen LogP contribution in [0.15, 0.2) is 24.3 Å². The van der Waals surface area contributed by atoms with Gasteiger partial charge in [-0.3, -0.25) is 4.79 Å². The second-order valence-corrected chi connectivity index (χ2v) is 5.41. The fourth-order valence-corrected chi connectivity index (χ4v) is 3.24. The number of rotatable bonds is 3. The van der Waals surface area contributed by atoms with Crippen LogP contribution in [0, 0.1) is 0 Å². The summed E-state index contributed by atoms with van der Waals surface area (Å²) in [6.07, 6.45) is 5.19. The fraction of sp³-hybridized carbons (Fsp3) is 0.500. The summed E-state index contributed by atoms with van der Waals surface area (Å²) in [5.41, 5.74) is 0.653. The van der Waals surface area contributed by atoms with Gasteiger partial charge in [-0.2, -0.15) is 0 Å². The summed E-state index contributed by atoms with van der Waals surface area (Å²) in [4.78, 5) is 12.2. The summed E-state index contributed by atoms with van der Waals surface area (Å²) >= 11 is 11.8. The summed E-state index contributed by atoms with van der Waals surface area (Å²) in [5.74, 6) is 0.230. The van der Waals surface area contributed by atoms with Crippen molar-refractivity contribution in [1.82, 2.24) is 0 Å². The molecule has 0 aliphatic heterocycles. The first-order valence-corrected chi connectivity index (χ1v) is 6.95. The molecule has 0 atom stereocenters. The van der Waals surface area contributed by atoms with Gasteiger partial charge in [-0.1, -0.05) is 43.0 Å². The van der Waals surface area contributed by atoms with Gasteiger partial charge in [-0.15, -0.1) is 11.6 Å². The molecule has 3 heteroatoms. The molecule has 0 radical (unpaired) electrons. The molecule has 0 amide bonds. The minimum absolute atomic E-state index is 0.0898. The lowest BCUT2D eigenvalue weighted by Crippen LogP contribution is -2.38. The number of carbonyl (C=O) groups is 1. The van der Waals surface area contributed by atoms with Crippen molar-refractivity contribution < 1.29 is 4.79 Å². The minimum atomic E-state index is -0.384. The number of hydrogen-bond donors (Lipinski definition) is 0. The number of hydrogen-bond acceptors (Lipinski definition) is 1. The highest BCUT2D eigenvalue weighted by Crippen LogP contribution is 2.41. The van der Waals surface area contributed by atoms with Gasteiger partial charge in [0.2, 0.25) is 0 Å². The van der Waals surface area contributed by atoms with Crippen LogP contribution < -0.4 is 0 Å². The van der Waals surface area contributed by atoms with E-state index < -0.39 is 0 Å². The second kappa shape index (κ2) is 5.41. The lowest BCUT2D eigenvalue weighted by atomic mass is 9.67. The molecule has 1 fully saturated rings. The van der Waals surface area contributed by atoms with Gasteiger partial charge in [0.05, 0.1) is 11.3 Å². The van der Waals surface area contributed by atoms with Gasteiger partial charge in [0.1, 0.15) is 0 Å². The Kier molecular flexibility index (Phi) is 4.11. The molecule has 2 rings (SSSR count). The predicted molar refractivity (Wildman–Crippen MR) is 71.9 cm³/mol. The zero-order valence-electron chi connectivity index (χ0n) is 9.72. The SMILES string of the molecule is O=C(CCl)C1(c2cccc(Cl)c2)CCCCC1. The highest BCUT2D eigenvalue weighted by molar-refractivity contribution is 6.31. The predicted octanol–water partition coefficient (Wildman–Crippen LogP) is 4.35. The van der Waals surface area contributed by atoms with Crippen LogP contribution in [-0.2, 0) is 10.2 Å². The first-order chi connectivity index (χ1) is 8.19. The third-order valence-corrected chi connectivity index (χ3v) is 4.22. The Morgan fingerprint density at radius 2 is 1.94 bits per heavy atom. The number of carbonyl (C=O) groups excluding carboxylic acids is 1. The topological polar surface area (TPSA) is 17.1 Å². The zero-order chi connectivity index (χ0) is 12.3. The number of Topliss-reactive ketones (excluding diaryl/α,β-unsaturated/α-hetero) is 1. The molecule has 0 bridgehead atoms. The molecule has 0 saturated heterocycles. The Bertz CT molecular complexity index is 408. The first kappa shape index (κ1) is 12.9. The van der Waals surface area contributed by atoms with E-state index in [0.29, 0.717) is 5.02 Å². The van der Waals surface area contributed by atoms with E-state index in [2.05, 4.69) is 0 Å². The standard InChI is InChI=1S/C14H16Cl2O/c15-10-13(17)14(7-2-1-3-8-14)11-5-4-6-12(16)9-11/h4-6,9H,1-3,7-8,10H2. The highest BCUT2D eigenvalue weighted by atomic mass is 35.5. The molecule has 1 nitrogen and oxygen atoms in total. The highest BCUT2D eigenvalue weighted by Gasteiger charge is 2.40. The lowest BCUT2D eigenvalue weighted by Gasteiger charge is -2.36. The van der Waals surface area contributed by atoms with Crippen LogP contribution in [0.2, 0.25) is 5.02 Å². The van der Waals surface area contributed by atoms with Crippen LogP contribution >= 0.6 is 23.2 Å². The van der Waals surface area contributed by atoms with Crippen LogP contribution in [0.5, 0.6) is 0 Å². The average molecular weight is 271 g/mol. The van der Waals surface area contributed by atoms with Crippen molar-refractivity contribution in [2.45, 2.75) is 37.5 Å². The van der Waals surface area contributed by atoms with Crippen LogP contribution in [0.1, 0.15) is 37.7 Å². The van der Waals surface area contributed by atoms with E-state index in [1.165, 1.54) is 6.42 Å². The molecule has 0 aromatic heterocycles. The van der Waals surface area contributed by atoms with Gasteiger partial charge in [-0.05, 0) is 30.5 Å². The molecule has 0 heterocycles. The molecule has 1 aliphatic rings. The molecule has 1 aromatic carbocycles. The van der Waals surface area contributed by atoms with Crippen molar-refractivity contribution in [3.63, 3.8) is 0 Å². The van der Waals surface area contributed by atoms with Gasteiger partial charge in [-0.25, -0.2) is 0 Å². The maximum absolute atomic E-state index is 12.2. The Morgan fingerprint density at radius 1 is 1.24 bits per heavy atom. The van der Waals surface area contributed by atoms with Crippen molar-refractivity contribution in [3.8, 4) is 0 Å². The lowest BCUT2D eigenvalue weighted by molar-refractivity contribution is -0.123. The summed E-state index contributed by atoms with van der Waals surface area (Å²) < 4.78 is 0. The van der Waals surface area contributed by atoms with E-state index in [1.807, 2.05) is 24.3 Å². The number of alkyl halides is 1. The van der Waals surface area contributed by atoms with E-state index >= 15 is 0 Å². The maximum atomic E-state index is 12.2. The summed E-state index contributed by atoms with van der Waals surface area (Å²) in [6.45, 7) is 0. The van der Waals surface area contributed by atoms with Crippen LogP contribution in [-0.4, -0.2) is 11.7 Å². The van der Waals surface area contributed by atoms with Crippen molar-refractivity contribution in [2.75, 3.05) is 5.88 Å². The van der Waals surface area contributed by atoms with Crippen LogP contribution in [0.3, 0.4) is 0 Å². The molecule has 1 aliphatic carbocycles. The smallest absolute Gasteiger partial charge is 0.158 e. The largest absolute Gasteiger partial charge is 0.297 e. The Balaban J connectivity index is 2.42. The summed E-state index contributed by atoms with van der Waals surface area (Å²) in [6, 6.07) is 7.67. The van der Waals surface area contributed by atoms with E-state index in [9.17, 15) is 4.79 Å². The molecule has 92 valence electrons. The summed E-state index contributed by atoms with van der Waals surface area (Å²) in [7, 11) is 0. The maximum Gasteiger partial charge on any atom is 0.158 e. The molecule has 0 N–H and O–H groups in total. The zero-order valence-corrected chi connectivity index (χ0v) is 11.2. The van der Waals surface area contributed by atoms with Gasteiger partial charge in [0.15, 0.2) is 5.78 Å². The molecule has 1 aromatic rings. The van der Waals surface area contributed by atoms with E-state index in [4.69, 9.17) is 23.2 Å². The molecule has 0 spiro atoms. The second-order valence-electron chi connectivity index (χ2n) is 4.71. The van der Waals surface area contributed by atoms with Gasteiger partial charge in [0.25, 0.3) is 0 Å². The van der Waals surface area contributed by atoms with E-state index in [0.717, 1.165) is 31.2 Å². The average Bonchev–Trinajstić information content (AvgIpc) is 2.38. The third kappa shape index (κ3) is 2.51. The minimum Gasteiger partial charge on any atom is -0.297 e. The molecular weight excluding hydrogens is 255 g/mol. The number of halogens is 2. The third-order valence-electron chi connectivity index (χ3n) is 3.74. The quantitative estimate of drug-likeness (QED) is 0.747. The van der Waals surface area contributed by atoms with Gasteiger partial charge in [0, 0.05) is 5.02 Å². The van der Waals surface area contributed by atoms with E-state index in [1.54, 1.807) is 0 Å². The van der Waals surface area contributed by atoms with Crippen molar-refractivity contribution in [2.24, 2.45) is 0 Å². The van der Waals surface area contributed by atoms with Crippen molar-refractivity contribution in [1.29, 1.82) is 0 Å². The van der Waals surface area contributed by atoms with Crippen molar-refractivity contribution >= 4 is 29.0 Å². The van der Waals surface area contributed by atoms with Gasteiger partial charge < -0.3 is 0 Å². The molecule has 0 unspecified atom stereocenters. The Labute approximate surface area is 112 Å². The monoisotopic (exact) mass is 270 g/mol. The van der Waals surface area contributed by atoms with Gasteiger partial charge >= 0.3 is 0 Å². The number of benzene rings is 1. The van der Waals surface area contributed by atoms with Crippen LogP contribution in [0.4, 0.5) is 0 Å². The molecular formula is C14H16Cl2O. The summed E-state index contributed by atoms with van der Waals surface area (Å²) in [5, 5.41) is 0.690. The Morgan fingerprint density at radius 3 is 2.53 bits per heavy atom. The first-order valence-electron chi connectivity index (χ1n) is 6.04. The fourth-order valence-electron chi connectivity index (χ4n) is 2.80. The van der Waals surface area contributed by atoms with E-state index in [-0.39, 0.29) is 17.1 Å². The molecule has 17 heavy (non-hydrogen) atoms. The molecule has 1 saturated carbocycles. The van der Waals surface area contributed by atoms with Crippen molar-refractivity contribution in [3.05, 3.63) is 34.9 Å².